The number of rotatable bonds is 10. The summed E-state index contributed by atoms with van der Waals surface area (Å²) in [6.07, 6.45) is 3.39. The molecule has 0 saturated carbocycles. The lowest BCUT2D eigenvalue weighted by molar-refractivity contribution is -0.117. The molecule has 0 atom stereocenters. The summed E-state index contributed by atoms with van der Waals surface area (Å²) in [5, 5.41) is 9.57. The van der Waals surface area contributed by atoms with Crippen LogP contribution in [0.5, 0.6) is 0 Å². The Labute approximate surface area is 202 Å². The summed E-state index contributed by atoms with van der Waals surface area (Å²) in [4.78, 5) is 29.3. The normalized spacial score (nSPS) is 11.4. The number of carbonyl (C=O) groups is 1. The van der Waals surface area contributed by atoms with Crippen molar-refractivity contribution in [3.05, 3.63) is 81.0 Å². The SMILES string of the molecule is CNCc1c(Cl)cnn(CC(=O)Nc2ccc(C)c(S(=O)(=O)NCCc3ccccn3)c2)c1=O. The number of aryl methyl sites for hydroxylation is 1. The fraction of sp³-hybridized carbons (Fsp3) is 0.273. The average Bonchev–Trinajstić information content (AvgIpc) is 2.80. The Bertz CT molecular complexity index is 1330. The molecule has 0 aliphatic carbocycles. The maximum atomic E-state index is 12.8. The summed E-state index contributed by atoms with van der Waals surface area (Å²) in [5.74, 6) is -0.539. The molecule has 0 spiro atoms. The zero-order chi connectivity index (χ0) is 24.7. The molecule has 3 N–H and O–H groups in total. The van der Waals surface area contributed by atoms with E-state index in [2.05, 4.69) is 25.4 Å². The van der Waals surface area contributed by atoms with Gasteiger partial charge in [-0.25, -0.2) is 17.8 Å². The smallest absolute Gasteiger partial charge is 0.273 e. The number of hydrogen-bond acceptors (Lipinski definition) is 7. The molecule has 0 fully saturated rings. The molecule has 34 heavy (non-hydrogen) atoms. The minimum atomic E-state index is -3.82. The molecule has 0 bridgehead atoms. The summed E-state index contributed by atoms with van der Waals surface area (Å²) in [6, 6.07) is 10.0. The molecule has 10 nitrogen and oxygen atoms in total. The van der Waals surface area contributed by atoms with Crippen molar-refractivity contribution in [1.29, 1.82) is 0 Å². The van der Waals surface area contributed by atoms with Crippen molar-refractivity contribution < 1.29 is 13.2 Å². The third-order valence-electron chi connectivity index (χ3n) is 4.90. The van der Waals surface area contributed by atoms with E-state index in [0.29, 0.717) is 17.5 Å². The molecule has 1 amide bonds. The van der Waals surface area contributed by atoms with E-state index >= 15 is 0 Å². The van der Waals surface area contributed by atoms with Crippen LogP contribution in [0.15, 0.2) is 58.5 Å². The van der Waals surface area contributed by atoms with E-state index in [0.717, 1.165) is 10.4 Å². The number of carbonyl (C=O) groups excluding carboxylic acids is 1. The largest absolute Gasteiger partial charge is 0.324 e. The first-order valence-electron chi connectivity index (χ1n) is 10.4. The van der Waals surface area contributed by atoms with Crippen molar-refractivity contribution in [3.63, 3.8) is 0 Å². The number of anilines is 1. The second kappa shape index (κ2) is 11.3. The Hall–Kier alpha value is -3.12. The number of pyridine rings is 1. The highest BCUT2D eigenvalue weighted by Crippen LogP contribution is 2.20. The van der Waals surface area contributed by atoms with Gasteiger partial charge in [0.25, 0.3) is 5.56 Å². The second-order valence-corrected chi connectivity index (χ2v) is 9.60. The van der Waals surface area contributed by atoms with E-state index in [1.165, 1.54) is 12.3 Å². The first-order valence-corrected chi connectivity index (χ1v) is 12.3. The van der Waals surface area contributed by atoms with Gasteiger partial charge in [0.15, 0.2) is 0 Å². The molecule has 3 rings (SSSR count). The lowest BCUT2D eigenvalue weighted by atomic mass is 10.2. The van der Waals surface area contributed by atoms with Crippen LogP contribution < -0.4 is 20.9 Å². The van der Waals surface area contributed by atoms with Crippen molar-refractivity contribution in [2.75, 3.05) is 18.9 Å². The molecule has 0 radical (unpaired) electrons. The summed E-state index contributed by atoms with van der Waals surface area (Å²) in [6.45, 7) is 1.72. The Balaban J connectivity index is 1.70. The second-order valence-electron chi connectivity index (χ2n) is 7.46. The van der Waals surface area contributed by atoms with Gasteiger partial charge in [-0.1, -0.05) is 23.7 Å². The van der Waals surface area contributed by atoms with Crippen molar-refractivity contribution in [3.8, 4) is 0 Å². The highest BCUT2D eigenvalue weighted by Gasteiger charge is 2.18. The molecule has 3 aromatic rings. The Kier molecular flexibility index (Phi) is 8.51. The first-order chi connectivity index (χ1) is 16.2. The van der Waals surface area contributed by atoms with Crippen LogP contribution in [-0.2, 0) is 34.3 Å². The van der Waals surface area contributed by atoms with Crippen LogP contribution in [0, 0.1) is 6.92 Å². The Morgan fingerprint density at radius 2 is 2.00 bits per heavy atom. The number of hydrogen-bond donors (Lipinski definition) is 3. The van der Waals surface area contributed by atoms with Crippen molar-refractivity contribution in [2.24, 2.45) is 0 Å². The van der Waals surface area contributed by atoms with Crippen molar-refractivity contribution >= 4 is 33.2 Å². The van der Waals surface area contributed by atoms with Gasteiger partial charge in [-0.2, -0.15) is 5.10 Å². The van der Waals surface area contributed by atoms with Gasteiger partial charge < -0.3 is 10.6 Å². The van der Waals surface area contributed by atoms with E-state index < -0.39 is 21.5 Å². The number of benzene rings is 1. The number of sulfonamides is 1. The van der Waals surface area contributed by atoms with Crippen LogP contribution in [0.3, 0.4) is 0 Å². The van der Waals surface area contributed by atoms with E-state index in [1.807, 2.05) is 12.1 Å². The van der Waals surface area contributed by atoms with Gasteiger partial charge in [-0.05, 0) is 43.8 Å². The number of amides is 1. The molecule has 0 unspecified atom stereocenters. The summed E-state index contributed by atoms with van der Waals surface area (Å²) in [5.41, 5.74) is 1.38. The molecule has 2 aromatic heterocycles. The third kappa shape index (κ3) is 6.48. The number of nitrogens with one attached hydrogen (secondary N) is 3. The van der Waals surface area contributed by atoms with E-state index in [1.54, 1.807) is 38.4 Å². The quantitative estimate of drug-likeness (QED) is 0.380. The Morgan fingerprint density at radius 1 is 1.21 bits per heavy atom. The van der Waals surface area contributed by atoms with Crippen molar-refractivity contribution in [2.45, 2.75) is 31.3 Å². The van der Waals surface area contributed by atoms with Crippen LogP contribution in [0.2, 0.25) is 5.02 Å². The first kappa shape index (κ1) is 25.5. The predicted octanol–water partition coefficient (Wildman–Crippen LogP) is 1.48. The predicted molar refractivity (Wildman–Crippen MR) is 129 cm³/mol. The molecular formula is C22H25ClN6O4S. The third-order valence-corrected chi connectivity index (χ3v) is 6.83. The van der Waals surface area contributed by atoms with Gasteiger partial charge in [-0.15, -0.1) is 0 Å². The van der Waals surface area contributed by atoms with Gasteiger partial charge >= 0.3 is 0 Å². The Morgan fingerprint density at radius 3 is 2.71 bits per heavy atom. The van der Waals surface area contributed by atoms with Gasteiger partial charge in [0.1, 0.15) is 6.54 Å². The van der Waals surface area contributed by atoms with E-state index in [9.17, 15) is 18.0 Å². The number of aromatic nitrogens is 3. The summed E-state index contributed by atoms with van der Waals surface area (Å²) in [7, 11) is -2.15. The molecule has 1 aromatic carbocycles. The number of halogens is 1. The van der Waals surface area contributed by atoms with Crippen molar-refractivity contribution in [1.82, 2.24) is 24.8 Å². The molecule has 180 valence electrons. The topological polar surface area (TPSA) is 135 Å². The average molecular weight is 505 g/mol. The fourth-order valence-corrected chi connectivity index (χ4v) is 4.69. The highest BCUT2D eigenvalue weighted by molar-refractivity contribution is 7.89. The molecule has 2 heterocycles. The maximum Gasteiger partial charge on any atom is 0.273 e. The summed E-state index contributed by atoms with van der Waals surface area (Å²) >= 11 is 6.01. The van der Waals surface area contributed by atoms with Crippen LogP contribution in [0.4, 0.5) is 5.69 Å². The molecular weight excluding hydrogens is 480 g/mol. The molecule has 12 heteroatoms. The lowest BCUT2D eigenvalue weighted by Crippen LogP contribution is -2.33. The zero-order valence-corrected chi connectivity index (χ0v) is 20.3. The molecule has 0 aliphatic rings. The zero-order valence-electron chi connectivity index (χ0n) is 18.7. The van der Waals surface area contributed by atoms with E-state index in [-0.39, 0.29) is 35.2 Å². The highest BCUT2D eigenvalue weighted by atomic mass is 35.5. The molecule has 0 aliphatic heterocycles. The minimum absolute atomic E-state index is 0.0458. The van der Waals surface area contributed by atoms with Crippen LogP contribution in [0.25, 0.3) is 0 Å². The lowest BCUT2D eigenvalue weighted by Gasteiger charge is -2.13. The fourth-order valence-electron chi connectivity index (χ4n) is 3.20. The van der Waals surface area contributed by atoms with Crippen LogP contribution >= 0.6 is 11.6 Å². The van der Waals surface area contributed by atoms with Gasteiger partial charge in [0.2, 0.25) is 15.9 Å². The van der Waals surface area contributed by atoms with Crippen LogP contribution in [0.1, 0.15) is 16.8 Å². The van der Waals surface area contributed by atoms with E-state index in [4.69, 9.17) is 11.6 Å². The van der Waals surface area contributed by atoms with Crippen LogP contribution in [-0.4, -0.2) is 42.7 Å². The van der Waals surface area contributed by atoms with Gasteiger partial charge in [0.05, 0.1) is 21.7 Å². The van der Waals surface area contributed by atoms with Gasteiger partial charge in [0, 0.05) is 37.1 Å². The molecule has 0 saturated heterocycles. The minimum Gasteiger partial charge on any atom is -0.324 e. The summed E-state index contributed by atoms with van der Waals surface area (Å²) < 4.78 is 29.2. The number of nitrogens with zero attached hydrogens (tertiary/aromatic N) is 3. The monoisotopic (exact) mass is 504 g/mol. The van der Waals surface area contributed by atoms with Gasteiger partial charge in [-0.3, -0.25) is 14.6 Å². The maximum absolute atomic E-state index is 12.8. The standard InChI is InChI=1S/C22H25ClN6O4S/c1-15-6-7-17(11-20(15)34(32,33)27-10-8-16-5-3-4-9-25-16)28-21(30)14-29-22(31)18(12-24-2)19(23)13-26-29/h3-7,9,11,13,24,27H,8,10,12,14H2,1-2H3,(H,28,30).